The lowest BCUT2D eigenvalue weighted by Gasteiger charge is -2.23. The minimum absolute atomic E-state index is 0.102. The number of hydrogen-bond donors (Lipinski definition) is 1. The number of nitrogens with zero attached hydrogens (tertiary/aromatic N) is 1. The van der Waals surface area contributed by atoms with Crippen molar-refractivity contribution in [1.82, 2.24) is 4.90 Å². The average molecular weight is 330 g/mol. The summed E-state index contributed by atoms with van der Waals surface area (Å²) in [5.41, 5.74) is 6.71. The number of rotatable bonds is 1. The molecule has 1 aliphatic heterocycles. The second kappa shape index (κ2) is 4.71. The van der Waals surface area contributed by atoms with Gasteiger partial charge in [0.1, 0.15) is 0 Å². The van der Waals surface area contributed by atoms with Crippen LogP contribution in [0.1, 0.15) is 23.7 Å². The van der Waals surface area contributed by atoms with Gasteiger partial charge in [0.05, 0.1) is 5.56 Å². The molecule has 0 aliphatic carbocycles. The van der Waals surface area contributed by atoms with Gasteiger partial charge in [-0.2, -0.15) is 0 Å². The maximum atomic E-state index is 12.3. The average Bonchev–Trinajstić information content (AvgIpc) is 2.60. The number of nitrogens with two attached hydrogens (primary N) is 1. The van der Waals surface area contributed by atoms with Gasteiger partial charge in [-0.1, -0.05) is 12.1 Å². The predicted octanol–water partition coefficient (Wildman–Crippen LogP) is 1.85. The van der Waals surface area contributed by atoms with Crippen LogP contribution in [0.5, 0.6) is 0 Å². The molecule has 1 amide bonds. The number of likely N-dealkylation sites (tertiary alicyclic amines) is 1. The smallest absolute Gasteiger partial charge is 0.255 e. The minimum Gasteiger partial charge on any atom is -0.334 e. The first-order chi connectivity index (χ1) is 7.61. The molecule has 1 aromatic rings. The Kier molecular flexibility index (Phi) is 3.49. The first-order valence-corrected chi connectivity index (χ1v) is 6.50. The van der Waals surface area contributed by atoms with Crippen molar-refractivity contribution in [2.45, 2.75) is 25.4 Å². The van der Waals surface area contributed by atoms with E-state index in [-0.39, 0.29) is 18.0 Å². The van der Waals surface area contributed by atoms with Crippen molar-refractivity contribution in [3.8, 4) is 0 Å². The molecule has 2 atom stereocenters. The maximum Gasteiger partial charge on any atom is 0.255 e. The molecule has 0 radical (unpaired) electrons. The lowest BCUT2D eigenvalue weighted by molar-refractivity contribution is 0.0741. The summed E-state index contributed by atoms with van der Waals surface area (Å²) >= 11 is 2.20. The van der Waals surface area contributed by atoms with Gasteiger partial charge in [-0.05, 0) is 48.1 Å². The van der Waals surface area contributed by atoms with Gasteiger partial charge in [0.2, 0.25) is 0 Å². The van der Waals surface area contributed by atoms with Gasteiger partial charge in [-0.3, -0.25) is 4.79 Å². The molecular formula is C12H15IN2O. The van der Waals surface area contributed by atoms with Crippen LogP contribution >= 0.6 is 22.6 Å². The van der Waals surface area contributed by atoms with Crippen LogP contribution in [-0.4, -0.2) is 29.4 Å². The van der Waals surface area contributed by atoms with Gasteiger partial charge in [0.15, 0.2) is 0 Å². The molecule has 16 heavy (non-hydrogen) atoms. The normalized spacial score (nSPS) is 24.8. The number of carbonyl (C=O) groups excluding carboxylic acids is 1. The highest BCUT2D eigenvalue weighted by atomic mass is 127. The van der Waals surface area contributed by atoms with Gasteiger partial charge in [0, 0.05) is 22.2 Å². The largest absolute Gasteiger partial charge is 0.334 e. The molecule has 2 N–H and O–H groups in total. The number of halogens is 1. The molecule has 2 unspecified atom stereocenters. The second-order valence-corrected chi connectivity index (χ2v) is 5.33. The number of hydrogen-bond acceptors (Lipinski definition) is 2. The summed E-state index contributed by atoms with van der Waals surface area (Å²) in [6.07, 6.45) is 0.899. The Hall–Kier alpha value is -0.620. The van der Waals surface area contributed by atoms with Crippen LogP contribution in [0.25, 0.3) is 0 Å². The fourth-order valence-corrected chi connectivity index (χ4v) is 2.66. The van der Waals surface area contributed by atoms with Crippen LogP contribution in [0.2, 0.25) is 0 Å². The summed E-state index contributed by atoms with van der Waals surface area (Å²) in [7, 11) is 0. The van der Waals surface area contributed by atoms with E-state index >= 15 is 0 Å². The van der Waals surface area contributed by atoms with Gasteiger partial charge in [0.25, 0.3) is 5.91 Å². The van der Waals surface area contributed by atoms with Crippen molar-refractivity contribution in [2.75, 3.05) is 6.54 Å². The predicted molar refractivity (Wildman–Crippen MR) is 72.2 cm³/mol. The first-order valence-electron chi connectivity index (χ1n) is 5.42. The van der Waals surface area contributed by atoms with Crippen molar-refractivity contribution < 1.29 is 4.79 Å². The summed E-state index contributed by atoms with van der Waals surface area (Å²) in [5, 5.41) is 0. The quantitative estimate of drug-likeness (QED) is 0.799. The van der Waals surface area contributed by atoms with E-state index in [0.717, 1.165) is 22.1 Å². The Morgan fingerprint density at radius 3 is 2.75 bits per heavy atom. The summed E-state index contributed by atoms with van der Waals surface area (Å²) in [5.74, 6) is 0.102. The zero-order chi connectivity index (χ0) is 11.7. The second-order valence-electron chi connectivity index (χ2n) is 4.17. The van der Waals surface area contributed by atoms with Crippen LogP contribution in [0, 0.1) is 3.57 Å². The third-order valence-corrected chi connectivity index (χ3v) is 4.12. The summed E-state index contributed by atoms with van der Waals surface area (Å²) in [6.45, 7) is 2.79. The first kappa shape index (κ1) is 11.9. The summed E-state index contributed by atoms with van der Waals surface area (Å²) in [6, 6.07) is 7.93. The third-order valence-electron chi connectivity index (χ3n) is 3.18. The van der Waals surface area contributed by atoms with E-state index < -0.39 is 0 Å². The lowest BCUT2D eigenvalue weighted by atomic mass is 10.1. The molecule has 1 heterocycles. The van der Waals surface area contributed by atoms with Crippen molar-refractivity contribution in [1.29, 1.82) is 0 Å². The van der Waals surface area contributed by atoms with E-state index in [1.54, 1.807) is 0 Å². The Labute approximate surface area is 109 Å². The molecule has 0 aromatic heterocycles. The fraction of sp³-hybridized carbons (Fsp3) is 0.417. The summed E-state index contributed by atoms with van der Waals surface area (Å²) < 4.78 is 0.998. The highest BCUT2D eigenvalue weighted by molar-refractivity contribution is 14.1. The molecule has 1 saturated heterocycles. The van der Waals surface area contributed by atoms with Crippen molar-refractivity contribution in [3.63, 3.8) is 0 Å². The van der Waals surface area contributed by atoms with Crippen molar-refractivity contribution >= 4 is 28.5 Å². The molecule has 4 heteroatoms. The van der Waals surface area contributed by atoms with Crippen LogP contribution in [0.15, 0.2) is 24.3 Å². The monoisotopic (exact) mass is 330 g/mol. The molecule has 1 aliphatic rings. The van der Waals surface area contributed by atoms with Crippen molar-refractivity contribution in [2.24, 2.45) is 5.73 Å². The molecule has 2 rings (SSSR count). The van der Waals surface area contributed by atoms with E-state index in [2.05, 4.69) is 22.6 Å². The molecule has 0 saturated carbocycles. The topological polar surface area (TPSA) is 46.3 Å². The number of amides is 1. The zero-order valence-corrected chi connectivity index (χ0v) is 11.3. The van der Waals surface area contributed by atoms with E-state index in [1.165, 1.54) is 0 Å². The Morgan fingerprint density at radius 1 is 1.50 bits per heavy atom. The zero-order valence-electron chi connectivity index (χ0n) is 9.19. The van der Waals surface area contributed by atoms with Crippen LogP contribution in [-0.2, 0) is 0 Å². The van der Waals surface area contributed by atoms with Crippen LogP contribution in [0.4, 0.5) is 0 Å². The Morgan fingerprint density at radius 2 is 2.19 bits per heavy atom. The molecule has 0 spiro atoms. The molecule has 1 aromatic carbocycles. The van der Waals surface area contributed by atoms with Gasteiger partial charge < -0.3 is 10.6 Å². The van der Waals surface area contributed by atoms with Gasteiger partial charge in [-0.15, -0.1) is 0 Å². The SMILES string of the molecule is CC1C(N)CCN1C(=O)c1ccccc1I. The maximum absolute atomic E-state index is 12.3. The molecular weight excluding hydrogens is 315 g/mol. The third kappa shape index (κ3) is 2.08. The van der Waals surface area contributed by atoms with E-state index in [4.69, 9.17) is 5.73 Å². The lowest BCUT2D eigenvalue weighted by Crippen LogP contribution is -2.40. The van der Waals surface area contributed by atoms with Gasteiger partial charge >= 0.3 is 0 Å². The van der Waals surface area contributed by atoms with Gasteiger partial charge in [-0.25, -0.2) is 0 Å². The molecule has 86 valence electrons. The Balaban J connectivity index is 2.23. The van der Waals surface area contributed by atoms with Crippen LogP contribution in [0.3, 0.4) is 0 Å². The number of carbonyl (C=O) groups is 1. The highest BCUT2D eigenvalue weighted by Crippen LogP contribution is 2.21. The minimum atomic E-state index is 0.102. The highest BCUT2D eigenvalue weighted by Gasteiger charge is 2.32. The molecule has 3 nitrogen and oxygen atoms in total. The van der Waals surface area contributed by atoms with Crippen LogP contribution < -0.4 is 5.73 Å². The molecule has 0 bridgehead atoms. The number of benzene rings is 1. The fourth-order valence-electron chi connectivity index (χ4n) is 2.04. The van der Waals surface area contributed by atoms with E-state index in [0.29, 0.717) is 0 Å². The van der Waals surface area contributed by atoms with E-state index in [1.807, 2.05) is 36.1 Å². The summed E-state index contributed by atoms with van der Waals surface area (Å²) in [4.78, 5) is 14.2. The standard InChI is InChI=1S/C12H15IN2O/c1-8-11(14)6-7-15(8)12(16)9-4-2-3-5-10(9)13/h2-5,8,11H,6-7,14H2,1H3. The molecule has 1 fully saturated rings. The Bertz CT molecular complexity index is 408. The van der Waals surface area contributed by atoms with Crippen molar-refractivity contribution in [3.05, 3.63) is 33.4 Å². The van der Waals surface area contributed by atoms with E-state index in [9.17, 15) is 4.79 Å².